The molecule has 5 nitrogen and oxygen atoms in total. The number of aliphatic carboxylic acids is 1. The van der Waals surface area contributed by atoms with E-state index in [2.05, 4.69) is 30.7 Å². The van der Waals surface area contributed by atoms with Crippen molar-refractivity contribution in [1.82, 2.24) is 10.6 Å². The van der Waals surface area contributed by atoms with Crippen LogP contribution in [0.1, 0.15) is 52.4 Å². The maximum absolute atomic E-state index is 11.6. The van der Waals surface area contributed by atoms with Crippen LogP contribution in [0.5, 0.6) is 0 Å². The third kappa shape index (κ3) is 12.5. The van der Waals surface area contributed by atoms with Crippen LogP contribution in [0.3, 0.4) is 0 Å². The largest absolute Gasteiger partial charge is 0.481 e. The van der Waals surface area contributed by atoms with Crippen molar-refractivity contribution in [3.63, 3.8) is 0 Å². The van der Waals surface area contributed by atoms with E-state index in [0.717, 1.165) is 25.7 Å². The molecule has 0 fully saturated rings. The first-order chi connectivity index (χ1) is 9.99. The van der Waals surface area contributed by atoms with Crippen molar-refractivity contribution < 1.29 is 14.7 Å². The van der Waals surface area contributed by atoms with Gasteiger partial charge in [0.15, 0.2) is 0 Å². The molecule has 0 aliphatic rings. The van der Waals surface area contributed by atoms with E-state index in [1.165, 1.54) is 0 Å². The van der Waals surface area contributed by atoms with Gasteiger partial charge in [-0.2, -0.15) is 11.8 Å². The van der Waals surface area contributed by atoms with Crippen LogP contribution >= 0.6 is 11.8 Å². The highest BCUT2D eigenvalue weighted by Crippen LogP contribution is 2.17. The molecule has 0 aromatic rings. The fourth-order valence-corrected chi connectivity index (χ4v) is 2.48. The van der Waals surface area contributed by atoms with Gasteiger partial charge in [0, 0.05) is 24.8 Å². The second-order valence-corrected chi connectivity index (χ2v) is 6.67. The predicted octanol–water partition coefficient (Wildman–Crippen LogP) is 3.10. The maximum atomic E-state index is 11.6. The highest BCUT2D eigenvalue weighted by molar-refractivity contribution is 7.99. The van der Waals surface area contributed by atoms with E-state index in [1.807, 2.05) is 0 Å². The Morgan fingerprint density at radius 2 is 1.71 bits per heavy atom. The molecular weight excluding hydrogens is 288 g/mol. The number of urea groups is 1. The Kier molecular flexibility index (Phi) is 12.2. The van der Waals surface area contributed by atoms with Crippen molar-refractivity contribution in [3.05, 3.63) is 0 Å². The van der Waals surface area contributed by atoms with Crippen LogP contribution in [0.15, 0.2) is 0 Å². The second-order valence-electron chi connectivity index (χ2n) is 5.39. The van der Waals surface area contributed by atoms with Gasteiger partial charge in [0.05, 0.1) is 0 Å². The first kappa shape index (κ1) is 20.1. The van der Waals surface area contributed by atoms with Crippen LogP contribution in [0.4, 0.5) is 4.79 Å². The van der Waals surface area contributed by atoms with Gasteiger partial charge in [-0.05, 0) is 31.4 Å². The molecule has 0 radical (unpaired) electrons. The SMILES string of the molecule is CCCC(CCNC(=O)NCCC(C)SC)CCC(=O)O. The molecule has 0 heterocycles. The lowest BCUT2D eigenvalue weighted by molar-refractivity contribution is -0.137. The molecule has 0 rings (SSSR count). The lowest BCUT2D eigenvalue weighted by Gasteiger charge is -2.16. The number of carboxylic acids is 1. The molecule has 2 atom stereocenters. The maximum Gasteiger partial charge on any atom is 0.314 e. The van der Waals surface area contributed by atoms with Crippen LogP contribution in [0.2, 0.25) is 0 Å². The van der Waals surface area contributed by atoms with Crippen molar-refractivity contribution in [2.45, 2.75) is 57.6 Å². The summed E-state index contributed by atoms with van der Waals surface area (Å²) in [4.78, 5) is 22.2. The molecule has 6 heteroatoms. The normalized spacial score (nSPS) is 13.5. The third-order valence-corrected chi connectivity index (χ3v) is 4.58. The Hall–Kier alpha value is -0.910. The van der Waals surface area contributed by atoms with E-state index in [0.29, 0.717) is 30.7 Å². The summed E-state index contributed by atoms with van der Waals surface area (Å²) in [6.45, 7) is 5.53. The number of amides is 2. The van der Waals surface area contributed by atoms with Gasteiger partial charge < -0.3 is 15.7 Å². The van der Waals surface area contributed by atoms with E-state index >= 15 is 0 Å². The molecule has 0 aliphatic carbocycles. The van der Waals surface area contributed by atoms with E-state index in [-0.39, 0.29) is 12.5 Å². The van der Waals surface area contributed by atoms with Crippen molar-refractivity contribution in [2.24, 2.45) is 5.92 Å². The van der Waals surface area contributed by atoms with Crippen molar-refractivity contribution >= 4 is 23.8 Å². The lowest BCUT2D eigenvalue weighted by atomic mass is 9.94. The molecule has 0 saturated heterocycles. The van der Waals surface area contributed by atoms with Crippen molar-refractivity contribution in [2.75, 3.05) is 19.3 Å². The number of carbonyl (C=O) groups is 2. The summed E-state index contributed by atoms with van der Waals surface area (Å²) in [6, 6.07) is -0.128. The zero-order valence-corrected chi connectivity index (χ0v) is 14.3. The molecule has 0 aromatic heterocycles. The van der Waals surface area contributed by atoms with Gasteiger partial charge in [-0.3, -0.25) is 4.79 Å². The Labute approximate surface area is 132 Å². The first-order valence-corrected chi connectivity index (χ1v) is 9.04. The molecule has 0 saturated carbocycles. The molecule has 0 bridgehead atoms. The number of carbonyl (C=O) groups excluding carboxylic acids is 1. The van der Waals surface area contributed by atoms with Gasteiger partial charge in [0.2, 0.25) is 0 Å². The van der Waals surface area contributed by atoms with Gasteiger partial charge in [-0.1, -0.05) is 26.7 Å². The minimum Gasteiger partial charge on any atom is -0.481 e. The molecular formula is C15H30N2O3S. The predicted molar refractivity (Wildman–Crippen MR) is 88.9 cm³/mol. The smallest absolute Gasteiger partial charge is 0.314 e. The Bertz CT molecular complexity index is 301. The molecule has 2 amide bonds. The van der Waals surface area contributed by atoms with Crippen LogP contribution in [0, 0.1) is 5.92 Å². The summed E-state index contributed by atoms with van der Waals surface area (Å²) >= 11 is 1.79. The fraction of sp³-hybridized carbons (Fsp3) is 0.867. The van der Waals surface area contributed by atoms with Crippen LogP contribution in [0.25, 0.3) is 0 Å². The number of hydrogen-bond acceptors (Lipinski definition) is 3. The zero-order chi connectivity index (χ0) is 16.1. The first-order valence-electron chi connectivity index (χ1n) is 7.75. The van der Waals surface area contributed by atoms with Gasteiger partial charge in [0.25, 0.3) is 0 Å². The molecule has 2 unspecified atom stereocenters. The average Bonchev–Trinajstić information content (AvgIpc) is 2.44. The van der Waals surface area contributed by atoms with E-state index in [1.54, 1.807) is 11.8 Å². The van der Waals surface area contributed by atoms with E-state index in [9.17, 15) is 9.59 Å². The molecule has 0 spiro atoms. The monoisotopic (exact) mass is 318 g/mol. The summed E-state index contributed by atoms with van der Waals surface area (Å²) in [5.41, 5.74) is 0. The van der Waals surface area contributed by atoms with Crippen molar-refractivity contribution in [3.8, 4) is 0 Å². The number of rotatable bonds is 12. The topological polar surface area (TPSA) is 78.4 Å². The average molecular weight is 318 g/mol. The second kappa shape index (κ2) is 12.8. The summed E-state index contributed by atoms with van der Waals surface area (Å²) in [7, 11) is 0. The third-order valence-electron chi connectivity index (χ3n) is 3.54. The number of carboxylic acid groups (broad SMARTS) is 1. The number of nitrogens with one attached hydrogen (secondary N) is 2. The Morgan fingerprint density at radius 1 is 1.10 bits per heavy atom. The fourth-order valence-electron chi connectivity index (χ4n) is 2.13. The zero-order valence-electron chi connectivity index (χ0n) is 13.5. The highest BCUT2D eigenvalue weighted by atomic mass is 32.2. The van der Waals surface area contributed by atoms with Gasteiger partial charge in [-0.15, -0.1) is 0 Å². The standard InChI is InChI=1S/C15H30N2O3S/c1-4-5-13(6-7-14(18)19)9-11-17-15(20)16-10-8-12(2)21-3/h12-13H,4-11H2,1-3H3,(H,18,19)(H2,16,17,20). The summed E-state index contributed by atoms with van der Waals surface area (Å²) < 4.78 is 0. The van der Waals surface area contributed by atoms with Crippen molar-refractivity contribution in [1.29, 1.82) is 0 Å². The van der Waals surface area contributed by atoms with Crippen LogP contribution in [-0.2, 0) is 4.79 Å². The van der Waals surface area contributed by atoms with E-state index < -0.39 is 5.97 Å². The molecule has 0 aromatic carbocycles. The molecule has 3 N–H and O–H groups in total. The number of hydrogen-bond donors (Lipinski definition) is 3. The molecule has 0 aliphatic heterocycles. The highest BCUT2D eigenvalue weighted by Gasteiger charge is 2.11. The van der Waals surface area contributed by atoms with Crippen LogP contribution < -0.4 is 10.6 Å². The Morgan fingerprint density at radius 3 is 2.24 bits per heavy atom. The molecule has 21 heavy (non-hydrogen) atoms. The summed E-state index contributed by atoms with van der Waals surface area (Å²) in [6.07, 6.45) is 6.84. The van der Waals surface area contributed by atoms with Gasteiger partial charge in [0.1, 0.15) is 0 Å². The minimum atomic E-state index is -0.746. The van der Waals surface area contributed by atoms with Gasteiger partial charge >= 0.3 is 12.0 Å². The Balaban J connectivity index is 3.76. The lowest BCUT2D eigenvalue weighted by Crippen LogP contribution is -2.37. The van der Waals surface area contributed by atoms with E-state index in [4.69, 9.17) is 5.11 Å². The quantitative estimate of drug-likeness (QED) is 0.517. The van der Waals surface area contributed by atoms with Gasteiger partial charge in [-0.25, -0.2) is 4.79 Å². The minimum absolute atomic E-state index is 0.128. The summed E-state index contributed by atoms with van der Waals surface area (Å²) in [5, 5.41) is 15.0. The van der Waals surface area contributed by atoms with Crippen LogP contribution in [-0.4, -0.2) is 41.7 Å². The number of thioether (sulfide) groups is 1. The summed E-state index contributed by atoms with van der Waals surface area (Å²) in [5.74, 6) is -0.368. The molecule has 124 valence electrons.